The van der Waals surface area contributed by atoms with E-state index in [0.717, 1.165) is 47.0 Å². The lowest BCUT2D eigenvalue weighted by atomic mass is 9.97. The second kappa shape index (κ2) is 8.63. The maximum Gasteiger partial charge on any atom is 0.271 e. The highest BCUT2D eigenvalue weighted by Crippen LogP contribution is 2.34. The summed E-state index contributed by atoms with van der Waals surface area (Å²) in [6.07, 6.45) is 5.71. The van der Waals surface area contributed by atoms with Crippen LogP contribution < -0.4 is 11.0 Å². The highest BCUT2D eigenvalue weighted by atomic mass is 32.1. The quantitative estimate of drug-likeness (QED) is 0.355. The van der Waals surface area contributed by atoms with Gasteiger partial charge in [-0.1, -0.05) is 0 Å². The van der Waals surface area contributed by atoms with E-state index in [1.54, 1.807) is 64.4 Å². The average Bonchev–Trinajstić information content (AvgIpc) is 3.19. The topological polar surface area (TPSA) is 96.6 Å². The molecular formula is C25H22N4O3S. The summed E-state index contributed by atoms with van der Waals surface area (Å²) in [5, 5.41) is 14.0. The first kappa shape index (κ1) is 21.1. The van der Waals surface area contributed by atoms with Crippen LogP contribution in [0.3, 0.4) is 0 Å². The second-order valence-electron chi connectivity index (χ2n) is 8.03. The van der Waals surface area contributed by atoms with Crippen LogP contribution in [0.5, 0.6) is 5.75 Å². The number of nitrogens with one attached hydrogen (secondary N) is 1. The molecule has 1 aliphatic carbocycles. The normalized spacial score (nSPS) is 13.4. The molecule has 0 saturated carbocycles. The Morgan fingerprint density at radius 2 is 1.85 bits per heavy atom. The van der Waals surface area contributed by atoms with Gasteiger partial charge in [-0.2, -0.15) is 5.10 Å². The third-order valence-electron chi connectivity index (χ3n) is 5.82. The van der Waals surface area contributed by atoms with E-state index >= 15 is 0 Å². The third-order valence-corrected chi connectivity index (χ3v) is 7.00. The summed E-state index contributed by atoms with van der Waals surface area (Å²) >= 11 is 1.64. The summed E-state index contributed by atoms with van der Waals surface area (Å²) in [7, 11) is 0. The first-order valence-electron chi connectivity index (χ1n) is 10.8. The molecule has 0 fully saturated rings. The Kier molecular flexibility index (Phi) is 5.51. The summed E-state index contributed by atoms with van der Waals surface area (Å²) < 4.78 is 1.62. The number of aromatic nitrogens is 2. The van der Waals surface area contributed by atoms with Gasteiger partial charge in [-0.3, -0.25) is 14.2 Å². The van der Waals surface area contributed by atoms with Crippen molar-refractivity contribution in [3.63, 3.8) is 0 Å². The van der Waals surface area contributed by atoms with Crippen molar-refractivity contribution in [1.29, 1.82) is 0 Å². The van der Waals surface area contributed by atoms with Gasteiger partial charge in [-0.25, -0.2) is 10.4 Å². The number of aryl methyl sites for hydroxylation is 3. The number of phenolic OH excluding ortho intramolecular Hbond substituents is 1. The number of carbonyl (C=O) groups excluding carboxylic acids is 1. The summed E-state index contributed by atoms with van der Waals surface area (Å²) in [5.74, 6) is 0.432. The van der Waals surface area contributed by atoms with Crippen LogP contribution >= 0.6 is 11.3 Å². The summed E-state index contributed by atoms with van der Waals surface area (Å²) in [6, 6.07) is 13.3. The Bertz CT molecular complexity index is 1430. The van der Waals surface area contributed by atoms with Gasteiger partial charge in [-0.05, 0) is 92.3 Å². The van der Waals surface area contributed by atoms with Gasteiger partial charge in [0.05, 0.1) is 17.3 Å². The molecule has 0 aliphatic heterocycles. The average molecular weight is 459 g/mol. The Hall–Kier alpha value is -3.78. The zero-order valence-electron chi connectivity index (χ0n) is 18.0. The fourth-order valence-electron chi connectivity index (χ4n) is 4.16. The molecule has 7 nitrogen and oxygen atoms in total. The number of rotatable bonds is 4. The van der Waals surface area contributed by atoms with Crippen LogP contribution in [0.25, 0.3) is 15.9 Å². The lowest BCUT2D eigenvalue weighted by molar-refractivity contribution is 0.0955. The summed E-state index contributed by atoms with van der Waals surface area (Å²) in [5.41, 5.74) is 5.45. The number of amides is 1. The van der Waals surface area contributed by atoms with Gasteiger partial charge in [0.1, 0.15) is 16.4 Å². The first-order chi connectivity index (χ1) is 16.0. The number of hydrogen-bond donors (Lipinski definition) is 2. The SMILES string of the molecule is Cc1nc2sc3c(c2c(=O)n1-c1ccc(C(=O)N/N=C\c2ccc(O)cc2)cc1)CCCC3. The van der Waals surface area contributed by atoms with E-state index in [2.05, 4.69) is 10.5 Å². The molecular weight excluding hydrogens is 436 g/mol. The van der Waals surface area contributed by atoms with Gasteiger partial charge in [-0.15, -0.1) is 11.3 Å². The predicted octanol–water partition coefficient (Wildman–Crippen LogP) is 4.10. The number of aromatic hydroxyl groups is 1. The van der Waals surface area contributed by atoms with Gasteiger partial charge in [0.2, 0.25) is 0 Å². The van der Waals surface area contributed by atoms with Crippen molar-refractivity contribution < 1.29 is 9.90 Å². The fourth-order valence-corrected chi connectivity index (χ4v) is 5.46. The van der Waals surface area contributed by atoms with Gasteiger partial charge >= 0.3 is 0 Å². The molecule has 0 atom stereocenters. The zero-order chi connectivity index (χ0) is 22.9. The smallest absolute Gasteiger partial charge is 0.271 e. The van der Waals surface area contributed by atoms with Crippen molar-refractivity contribution in [3.8, 4) is 11.4 Å². The van der Waals surface area contributed by atoms with Crippen LogP contribution in [-0.2, 0) is 12.8 Å². The van der Waals surface area contributed by atoms with Crippen molar-refractivity contribution in [1.82, 2.24) is 15.0 Å². The highest BCUT2D eigenvalue weighted by Gasteiger charge is 2.21. The second-order valence-corrected chi connectivity index (χ2v) is 9.11. The largest absolute Gasteiger partial charge is 0.508 e. The molecule has 0 unspecified atom stereocenters. The van der Waals surface area contributed by atoms with Gasteiger partial charge in [0, 0.05) is 10.4 Å². The molecule has 8 heteroatoms. The lowest BCUT2D eigenvalue weighted by Gasteiger charge is -2.12. The molecule has 2 aromatic heterocycles. The van der Waals surface area contributed by atoms with E-state index in [1.807, 2.05) is 6.92 Å². The van der Waals surface area contributed by atoms with Crippen LogP contribution in [0, 0.1) is 6.92 Å². The number of fused-ring (bicyclic) bond motifs is 3. The molecule has 2 aromatic carbocycles. The highest BCUT2D eigenvalue weighted by molar-refractivity contribution is 7.18. The van der Waals surface area contributed by atoms with E-state index in [-0.39, 0.29) is 17.2 Å². The van der Waals surface area contributed by atoms with Crippen LogP contribution in [0.2, 0.25) is 0 Å². The maximum atomic E-state index is 13.4. The number of thiophene rings is 1. The molecule has 0 spiro atoms. The van der Waals surface area contributed by atoms with Crippen LogP contribution in [0.4, 0.5) is 0 Å². The lowest BCUT2D eigenvalue weighted by Crippen LogP contribution is -2.23. The number of hydrazone groups is 1. The molecule has 166 valence electrons. The minimum Gasteiger partial charge on any atom is -0.508 e. The van der Waals surface area contributed by atoms with Crippen molar-refractivity contribution in [3.05, 3.63) is 86.3 Å². The van der Waals surface area contributed by atoms with Crippen LogP contribution in [0.15, 0.2) is 58.4 Å². The summed E-state index contributed by atoms with van der Waals surface area (Å²) in [4.78, 5) is 32.7. The van der Waals surface area contributed by atoms with E-state index in [9.17, 15) is 14.7 Å². The van der Waals surface area contributed by atoms with Crippen molar-refractivity contribution in [2.75, 3.05) is 0 Å². The number of benzene rings is 2. The minimum atomic E-state index is -0.360. The van der Waals surface area contributed by atoms with Crippen LogP contribution in [-0.4, -0.2) is 26.8 Å². The zero-order valence-corrected chi connectivity index (χ0v) is 18.9. The Morgan fingerprint density at radius 1 is 1.12 bits per heavy atom. The molecule has 4 aromatic rings. The molecule has 1 aliphatic rings. The fraction of sp³-hybridized carbons (Fsp3) is 0.200. The molecule has 2 heterocycles. The molecule has 2 N–H and O–H groups in total. The number of hydrogen-bond acceptors (Lipinski definition) is 6. The van der Waals surface area contributed by atoms with E-state index in [1.165, 1.54) is 11.1 Å². The Balaban J connectivity index is 1.39. The molecule has 5 rings (SSSR count). The third kappa shape index (κ3) is 4.05. The molecule has 0 bridgehead atoms. The Labute approximate surface area is 194 Å². The minimum absolute atomic E-state index is 0.0485. The van der Waals surface area contributed by atoms with Gasteiger partial charge in [0.25, 0.3) is 11.5 Å². The van der Waals surface area contributed by atoms with Crippen molar-refractivity contribution in [2.24, 2.45) is 5.10 Å². The first-order valence-corrected chi connectivity index (χ1v) is 11.6. The van der Waals surface area contributed by atoms with Gasteiger partial charge in [0.15, 0.2) is 0 Å². The van der Waals surface area contributed by atoms with E-state index in [4.69, 9.17) is 4.98 Å². The van der Waals surface area contributed by atoms with Gasteiger partial charge < -0.3 is 5.11 Å². The van der Waals surface area contributed by atoms with Crippen molar-refractivity contribution >= 4 is 33.7 Å². The monoisotopic (exact) mass is 458 g/mol. The number of carbonyl (C=O) groups is 1. The number of phenols is 1. The van der Waals surface area contributed by atoms with Crippen molar-refractivity contribution in [2.45, 2.75) is 32.6 Å². The molecule has 0 saturated heterocycles. The molecule has 33 heavy (non-hydrogen) atoms. The molecule has 1 amide bonds. The summed E-state index contributed by atoms with van der Waals surface area (Å²) in [6.45, 7) is 1.83. The Morgan fingerprint density at radius 3 is 2.61 bits per heavy atom. The molecule has 0 radical (unpaired) electrons. The van der Waals surface area contributed by atoms with Crippen LogP contribution in [0.1, 0.15) is 45.0 Å². The van der Waals surface area contributed by atoms with E-state index < -0.39 is 0 Å². The van der Waals surface area contributed by atoms with E-state index in [0.29, 0.717) is 17.1 Å². The standard InChI is InChI=1S/C25H22N4O3S/c1-15-27-24-22(20-4-2-3-5-21(20)33-24)25(32)29(15)18-10-8-17(9-11-18)23(31)28-26-14-16-6-12-19(30)13-7-16/h6-14,30H,2-5H2,1H3,(H,28,31)/b26-14-. The number of nitrogens with zero attached hydrogens (tertiary/aromatic N) is 3. The predicted molar refractivity (Wildman–Crippen MR) is 130 cm³/mol. The maximum absolute atomic E-state index is 13.4.